The molecule has 5 nitrogen and oxygen atoms in total. The molecule has 1 atom stereocenters. The van der Waals surface area contributed by atoms with Crippen LogP contribution in [-0.4, -0.2) is 35.6 Å². The first kappa shape index (κ1) is 18.0. The number of rotatable bonds is 5. The lowest BCUT2D eigenvalue weighted by Gasteiger charge is -2.23. The molecular weight excluding hydrogens is 338 g/mol. The highest BCUT2D eigenvalue weighted by molar-refractivity contribution is 6.33. The van der Waals surface area contributed by atoms with Gasteiger partial charge in [0.05, 0.1) is 23.7 Å². The maximum Gasteiger partial charge on any atom is 0.292 e. The predicted octanol–water partition coefficient (Wildman–Crippen LogP) is 3.67. The first-order valence-electron chi connectivity index (χ1n) is 8.90. The zero-order valence-electron chi connectivity index (χ0n) is 14.5. The highest BCUT2D eigenvalue weighted by atomic mass is 35.5. The van der Waals surface area contributed by atoms with E-state index < -0.39 is 0 Å². The molecule has 1 saturated heterocycles. The van der Waals surface area contributed by atoms with Crippen LogP contribution in [0.3, 0.4) is 0 Å². The van der Waals surface area contributed by atoms with Crippen LogP contribution in [0.4, 0.5) is 5.69 Å². The normalized spacial score (nSPS) is 18.2. The Hall–Kier alpha value is -1.85. The van der Waals surface area contributed by atoms with Gasteiger partial charge in [-0.3, -0.25) is 4.79 Å². The lowest BCUT2D eigenvalue weighted by Crippen LogP contribution is -2.30. The number of hydrogen-bond donors (Lipinski definition) is 0. The summed E-state index contributed by atoms with van der Waals surface area (Å²) >= 11 is 6.41. The van der Waals surface area contributed by atoms with Gasteiger partial charge in [-0.05, 0) is 37.8 Å². The molecule has 0 aliphatic carbocycles. The van der Waals surface area contributed by atoms with Gasteiger partial charge in [-0.25, -0.2) is 0 Å². The Morgan fingerprint density at radius 3 is 2.80 bits per heavy atom. The Morgan fingerprint density at radius 1 is 1.24 bits per heavy atom. The predicted molar refractivity (Wildman–Crippen MR) is 101 cm³/mol. The second kappa shape index (κ2) is 8.50. The summed E-state index contributed by atoms with van der Waals surface area (Å²) in [6.07, 6.45) is 6.03. The van der Waals surface area contributed by atoms with Gasteiger partial charge in [0.15, 0.2) is 0 Å². The third-order valence-electron chi connectivity index (χ3n) is 4.47. The summed E-state index contributed by atoms with van der Waals surface area (Å²) in [5.41, 5.74) is 1.15. The largest absolute Gasteiger partial charge is 0.378 e. The number of ether oxygens (including phenoxy) is 1. The summed E-state index contributed by atoms with van der Waals surface area (Å²) in [7, 11) is 0. The van der Waals surface area contributed by atoms with Crippen LogP contribution in [0, 0.1) is 0 Å². The quantitative estimate of drug-likeness (QED) is 0.815. The van der Waals surface area contributed by atoms with E-state index >= 15 is 0 Å². The monoisotopic (exact) mass is 361 g/mol. The van der Waals surface area contributed by atoms with Crippen molar-refractivity contribution in [1.82, 2.24) is 9.78 Å². The van der Waals surface area contributed by atoms with Gasteiger partial charge in [0.2, 0.25) is 0 Å². The standard InChI is InChI=1S/C19H24ClN3O2/c1-2-13-25-16-9-6-11-22(12-10-16)17-14-21-23(19(24)18(17)20)15-7-4-3-5-8-15/h3-5,7-8,14,16H,2,6,9-13H2,1H3/t16-/m1/s1. The summed E-state index contributed by atoms with van der Waals surface area (Å²) in [5, 5.41) is 4.56. The van der Waals surface area contributed by atoms with E-state index in [9.17, 15) is 4.79 Å². The number of halogens is 1. The Balaban J connectivity index is 1.79. The van der Waals surface area contributed by atoms with Crippen LogP contribution in [0.1, 0.15) is 32.6 Å². The van der Waals surface area contributed by atoms with E-state index in [1.807, 2.05) is 30.3 Å². The summed E-state index contributed by atoms with van der Waals surface area (Å²) in [5.74, 6) is 0. The molecule has 6 heteroatoms. The number of hydrogen-bond acceptors (Lipinski definition) is 4. The molecule has 25 heavy (non-hydrogen) atoms. The topological polar surface area (TPSA) is 47.4 Å². The molecule has 1 aromatic heterocycles. The van der Waals surface area contributed by atoms with E-state index in [-0.39, 0.29) is 10.6 Å². The number of nitrogens with zero attached hydrogens (tertiary/aromatic N) is 3. The number of aromatic nitrogens is 2. The van der Waals surface area contributed by atoms with E-state index in [4.69, 9.17) is 16.3 Å². The molecule has 1 aromatic carbocycles. The Kier molecular flexibility index (Phi) is 6.10. The lowest BCUT2D eigenvalue weighted by atomic mass is 10.2. The maximum atomic E-state index is 12.6. The minimum atomic E-state index is -0.284. The van der Waals surface area contributed by atoms with Crippen molar-refractivity contribution >= 4 is 17.3 Å². The van der Waals surface area contributed by atoms with Gasteiger partial charge < -0.3 is 9.64 Å². The molecule has 3 rings (SSSR count). The van der Waals surface area contributed by atoms with Crippen LogP contribution in [0.2, 0.25) is 5.02 Å². The number of anilines is 1. The number of para-hydroxylation sites is 1. The van der Waals surface area contributed by atoms with Crippen LogP contribution in [-0.2, 0) is 4.74 Å². The Labute approximate surface area is 153 Å². The maximum absolute atomic E-state index is 12.6. The van der Waals surface area contributed by atoms with Gasteiger partial charge in [-0.1, -0.05) is 36.7 Å². The zero-order valence-corrected chi connectivity index (χ0v) is 15.3. The zero-order chi connectivity index (χ0) is 17.6. The fourth-order valence-electron chi connectivity index (χ4n) is 3.16. The summed E-state index contributed by atoms with van der Waals surface area (Å²) < 4.78 is 7.23. The van der Waals surface area contributed by atoms with Gasteiger partial charge in [0, 0.05) is 19.7 Å². The first-order chi connectivity index (χ1) is 12.2. The molecule has 134 valence electrons. The van der Waals surface area contributed by atoms with Crippen molar-refractivity contribution in [1.29, 1.82) is 0 Å². The molecule has 0 saturated carbocycles. The van der Waals surface area contributed by atoms with Crippen molar-refractivity contribution in [3.05, 3.63) is 51.9 Å². The third kappa shape index (κ3) is 4.22. The van der Waals surface area contributed by atoms with Crippen molar-refractivity contribution < 1.29 is 4.74 Å². The van der Waals surface area contributed by atoms with E-state index in [0.29, 0.717) is 11.8 Å². The average molecular weight is 362 g/mol. The van der Waals surface area contributed by atoms with E-state index in [0.717, 1.165) is 51.1 Å². The summed E-state index contributed by atoms with van der Waals surface area (Å²) in [6, 6.07) is 9.32. The van der Waals surface area contributed by atoms with E-state index in [2.05, 4.69) is 16.9 Å². The van der Waals surface area contributed by atoms with Crippen molar-refractivity contribution in [3.8, 4) is 5.69 Å². The second-order valence-electron chi connectivity index (χ2n) is 6.31. The van der Waals surface area contributed by atoms with Gasteiger partial charge in [0.25, 0.3) is 5.56 Å². The fourth-order valence-corrected chi connectivity index (χ4v) is 3.40. The minimum absolute atomic E-state index is 0.228. The Bertz CT molecular complexity index is 748. The average Bonchev–Trinajstić information content (AvgIpc) is 2.88. The molecule has 1 aliphatic heterocycles. The molecule has 1 fully saturated rings. The summed E-state index contributed by atoms with van der Waals surface area (Å²) in [6.45, 7) is 4.61. The van der Waals surface area contributed by atoms with Gasteiger partial charge in [-0.2, -0.15) is 9.78 Å². The third-order valence-corrected chi connectivity index (χ3v) is 4.83. The summed E-state index contributed by atoms with van der Waals surface area (Å²) in [4.78, 5) is 14.8. The van der Waals surface area contributed by atoms with Crippen LogP contribution in [0.15, 0.2) is 41.3 Å². The van der Waals surface area contributed by atoms with Gasteiger partial charge in [-0.15, -0.1) is 0 Å². The molecule has 0 radical (unpaired) electrons. The molecule has 0 amide bonds. The van der Waals surface area contributed by atoms with Crippen LogP contribution < -0.4 is 10.5 Å². The fraction of sp³-hybridized carbons (Fsp3) is 0.474. The highest BCUT2D eigenvalue weighted by Crippen LogP contribution is 2.25. The van der Waals surface area contributed by atoms with E-state index in [1.54, 1.807) is 6.20 Å². The molecule has 2 aromatic rings. The van der Waals surface area contributed by atoms with Crippen molar-refractivity contribution in [2.24, 2.45) is 0 Å². The van der Waals surface area contributed by atoms with Gasteiger partial charge in [0.1, 0.15) is 5.02 Å². The van der Waals surface area contributed by atoms with Crippen LogP contribution >= 0.6 is 11.6 Å². The molecular formula is C19H24ClN3O2. The first-order valence-corrected chi connectivity index (χ1v) is 9.28. The van der Waals surface area contributed by atoms with Crippen molar-refractivity contribution in [3.63, 3.8) is 0 Å². The smallest absolute Gasteiger partial charge is 0.292 e. The molecule has 2 heterocycles. The molecule has 0 spiro atoms. The molecule has 1 aliphatic rings. The molecule has 0 bridgehead atoms. The Morgan fingerprint density at radius 2 is 2.04 bits per heavy atom. The number of benzene rings is 1. The van der Waals surface area contributed by atoms with Crippen molar-refractivity contribution in [2.75, 3.05) is 24.6 Å². The van der Waals surface area contributed by atoms with Gasteiger partial charge >= 0.3 is 0 Å². The minimum Gasteiger partial charge on any atom is -0.378 e. The SMILES string of the molecule is CCCO[C@@H]1CCCN(c2cnn(-c3ccccc3)c(=O)c2Cl)CC1. The van der Waals surface area contributed by atoms with Crippen molar-refractivity contribution in [2.45, 2.75) is 38.7 Å². The van der Waals surface area contributed by atoms with Crippen LogP contribution in [0.25, 0.3) is 5.69 Å². The second-order valence-corrected chi connectivity index (χ2v) is 6.69. The van der Waals surface area contributed by atoms with Crippen LogP contribution in [0.5, 0.6) is 0 Å². The molecule has 0 N–H and O–H groups in total. The highest BCUT2D eigenvalue weighted by Gasteiger charge is 2.21. The molecule has 0 unspecified atom stereocenters. The van der Waals surface area contributed by atoms with E-state index in [1.165, 1.54) is 4.68 Å². The lowest BCUT2D eigenvalue weighted by molar-refractivity contribution is 0.0461.